The zero-order valence-electron chi connectivity index (χ0n) is 10.7. The number of carbonyl (C=O) groups is 1. The summed E-state index contributed by atoms with van der Waals surface area (Å²) in [6, 6.07) is 6.28. The number of hydrogen-bond acceptors (Lipinski definition) is 2. The summed E-state index contributed by atoms with van der Waals surface area (Å²) < 4.78 is 0. The molecule has 0 spiro atoms. The Morgan fingerprint density at radius 2 is 2.06 bits per heavy atom. The summed E-state index contributed by atoms with van der Waals surface area (Å²) >= 11 is 0. The number of rotatable bonds is 4. The van der Waals surface area contributed by atoms with E-state index in [0.29, 0.717) is 6.04 Å². The number of amides is 1. The summed E-state index contributed by atoms with van der Waals surface area (Å²) in [4.78, 5) is 12.0. The van der Waals surface area contributed by atoms with Gasteiger partial charge in [0.15, 0.2) is 0 Å². The zero-order valence-corrected chi connectivity index (χ0v) is 10.7. The van der Waals surface area contributed by atoms with Crippen molar-refractivity contribution in [3.63, 3.8) is 0 Å². The molecule has 0 fully saturated rings. The molecule has 1 heterocycles. The van der Waals surface area contributed by atoms with Crippen LogP contribution in [0.1, 0.15) is 43.9 Å². The van der Waals surface area contributed by atoms with Crippen molar-refractivity contribution in [3.8, 4) is 0 Å². The molecule has 92 valence electrons. The number of para-hydroxylation sites is 1. The van der Waals surface area contributed by atoms with Gasteiger partial charge >= 0.3 is 0 Å². The van der Waals surface area contributed by atoms with E-state index < -0.39 is 0 Å². The Labute approximate surface area is 103 Å². The average Bonchev–Trinajstić information content (AvgIpc) is 2.64. The highest BCUT2D eigenvalue weighted by molar-refractivity contribution is 6.03. The SMILES string of the molecule is CCC(CC)NC1C(=O)Nc2c(C)cccc21. The van der Waals surface area contributed by atoms with Crippen molar-refractivity contribution in [1.29, 1.82) is 0 Å². The van der Waals surface area contributed by atoms with Crippen molar-refractivity contribution in [2.75, 3.05) is 5.32 Å². The maximum Gasteiger partial charge on any atom is 0.246 e. The summed E-state index contributed by atoms with van der Waals surface area (Å²) in [6.07, 6.45) is 2.09. The molecule has 1 amide bonds. The first-order valence-electron chi connectivity index (χ1n) is 6.33. The molecule has 0 aromatic heterocycles. The van der Waals surface area contributed by atoms with Gasteiger partial charge in [-0.3, -0.25) is 10.1 Å². The smallest absolute Gasteiger partial charge is 0.246 e. The quantitative estimate of drug-likeness (QED) is 0.838. The lowest BCUT2D eigenvalue weighted by molar-refractivity contribution is -0.117. The number of nitrogens with one attached hydrogen (secondary N) is 2. The van der Waals surface area contributed by atoms with E-state index in [-0.39, 0.29) is 11.9 Å². The highest BCUT2D eigenvalue weighted by Gasteiger charge is 2.32. The van der Waals surface area contributed by atoms with Crippen LogP contribution in [0.5, 0.6) is 0 Å². The molecule has 1 aromatic rings. The number of anilines is 1. The van der Waals surface area contributed by atoms with E-state index in [1.807, 2.05) is 25.1 Å². The Morgan fingerprint density at radius 3 is 2.71 bits per heavy atom. The first-order valence-corrected chi connectivity index (χ1v) is 6.33. The Bertz CT molecular complexity index is 424. The van der Waals surface area contributed by atoms with Crippen LogP contribution in [0.4, 0.5) is 5.69 Å². The van der Waals surface area contributed by atoms with Gasteiger partial charge in [-0.1, -0.05) is 32.0 Å². The fourth-order valence-corrected chi connectivity index (χ4v) is 2.36. The molecule has 3 heteroatoms. The average molecular weight is 232 g/mol. The molecule has 1 atom stereocenters. The first-order chi connectivity index (χ1) is 8.17. The Hall–Kier alpha value is -1.35. The van der Waals surface area contributed by atoms with E-state index in [1.54, 1.807) is 0 Å². The van der Waals surface area contributed by atoms with Crippen molar-refractivity contribution in [2.24, 2.45) is 0 Å². The van der Waals surface area contributed by atoms with Crippen molar-refractivity contribution >= 4 is 11.6 Å². The molecule has 2 N–H and O–H groups in total. The predicted octanol–water partition coefficient (Wildman–Crippen LogP) is 2.77. The molecular formula is C14H20N2O. The fraction of sp³-hybridized carbons (Fsp3) is 0.500. The summed E-state index contributed by atoms with van der Waals surface area (Å²) in [6.45, 7) is 6.31. The minimum absolute atomic E-state index is 0.0706. The highest BCUT2D eigenvalue weighted by atomic mass is 16.2. The van der Waals surface area contributed by atoms with Crippen LogP contribution in [0.2, 0.25) is 0 Å². The minimum Gasteiger partial charge on any atom is -0.324 e. The maximum absolute atomic E-state index is 12.0. The molecule has 0 saturated carbocycles. The normalized spacial score (nSPS) is 18.4. The van der Waals surface area contributed by atoms with Crippen molar-refractivity contribution in [2.45, 2.75) is 45.7 Å². The van der Waals surface area contributed by atoms with Gasteiger partial charge in [0.1, 0.15) is 6.04 Å². The molecule has 1 aliphatic heterocycles. The van der Waals surface area contributed by atoms with Gasteiger partial charge in [0.2, 0.25) is 5.91 Å². The summed E-state index contributed by atoms with van der Waals surface area (Å²) in [5.41, 5.74) is 3.20. The van der Waals surface area contributed by atoms with E-state index in [1.165, 1.54) is 0 Å². The second-order valence-corrected chi connectivity index (χ2v) is 4.64. The number of carbonyl (C=O) groups excluding carboxylic acids is 1. The Balaban J connectivity index is 2.26. The first kappa shape index (κ1) is 12.1. The van der Waals surface area contributed by atoms with E-state index in [2.05, 4.69) is 24.5 Å². The second-order valence-electron chi connectivity index (χ2n) is 4.64. The van der Waals surface area contributed by atoms with Gasteiger partial charge in [0.25, 0.3) is 0 Å². The lowest BCUT2D eigenvalue weighted by atomic mass is 10.0. The largest absolute Gasteiger partial charge is 0.324 e. The molecule has 2 rings (SSSR count). The van der Waals surface area contributed by atoms with Crippen LogP contribution in [0, 0.1) is 6.92 Å². The molecule has 3 nitrogen and oxygen atoms in total. The highest BCUT2D eigenvalue weighted by Crippen LogP contribution is 2.33. The molecular weight excluding hydrogens is 212 g/mol. The van der Waals surface area contributed by atoms with Gasteiger partial charge in [-0.15, -0.1) is 0 Å². The Morgan fingerprint density at radius 1 is 1.35 bits per heavy atom. The molecule has 0 saturated heterocycles. The van der Waals surface area contributed by atoms with Crippen molar-refractivity contribution in [3.05, 3.63) is 29.3 Å². The monoisotopic (exact) mass is 232 g/mol. The number of hydrogen-bond donors (Lipinski definition) is 2. The van der Waals surface area contributed by atoms with Crippen LogP contribution in [0.15, 0.2) is 18.2 Å². The van der Waals surface area contributed by atoms with Crippen molar-refractivity contribution < 1.29 is 4.79 Å². The van der Waals surface area contributed by atoms with Crippen LogP contribution in [0.3, 0.4) is 0 Å². The molecule has 0 radical (unpaired) electrons. The molecule has 1 unspecified atom stereocenters. The second kappa shape index (κ2) is 4.88. The maximum atomic E-state index is 12.0. The summed E-state index contributed by atoms with van der Waals surface area (Å²) in [5.74, 6) is 0.0706. The summed E-state index contributed by atoms with van der Waals surface area (Å²) in [7, 11) is 0. The van der Waals surface area contributed by atoms with Gasteiger partial charge < -0.3 is 5.32 Å². The van der Waals surface area contributed by atoms with Crippen LogP contribution < -0.4 is 10.6 Å². The molecule has 1 aliphatic rings. The predicted molar refractivity (Wildman–Crippen MR) is 70.1 cm³/mol. The van der Waals surface area contributed by atoms with Gasteiger partial charge in [-0.25, -0.2) is 0 Å². The molecule has 0 bridgehead atoms. The van der Waals surface area contributed by atoms with Gasteiger partial charge in [-0.05, 0) is 25.3 Å². The van der Waals surface area contributed by atoms with E-state index in [9.17, 15) is 4.79 Å². The summed E-state index contributed by atoms with van der Waals surface area (Å²) in [5, 5.41) is 6.40. The van der Waals surface area contributed by atoms with E-state index in [4.69, 9.17) is 0 Å². The van der Waals surface area contributed by atoms with Crippen LogP contribution in [-0.4, -0.2) is 11.9 Å². The van der Waals surface area contributed by atoms with E-state index in [0.717, 1.165) is 29.7 Å². The topological polar surface area (TPSA) is 41.1 Å². The fourth-order valence-electron chi connectivity index (χ4n) is 2.36. The van der Waals surface area contributed by atoms with Gasteiger partial charge in [-0.2, -0.15) is 0 Å². The van der Waals surface area contributed by atoms with Gasteiger partial charge in [0, 0.05) is 17.3 Å². The number of aryl methyl sites for hydroxylation is 1. The van der Waals surface area contributed by atoms with E-state index >= 15 is 0 Å². The third kappa shape index (κ3) is 2.20. The lowest BCUT2D eigenvalue weighted by Crippen LogP contribution is -2.35. The van der Waals surface area contributed by atoms with Gasteiger partial charge in [0.05, 0.1) is 0 Å². The van der Waals surface area contributed by atoms with Crippen molar-refractivity contribution in [1.82, 2.24) is 5.32 Å². The number of fused-ring (bicyclic) bond motifs is 1. The number of benzene rings is 1. The lowest BCUT2D eigenvalue weighted by Gasteiger charge is -2.19. The van der Waals surface area contributed by atoms with Crippen LogP contribution >= 0.6 is 0 Å². The zero-order chi connectivity index (χ0) is 12.4. The standard InChI is InChI=1S/C14H20N2O/c1-4-10(5-2)15-13-11-8-6-7-9(3)12(11)16-14(13)17/h6-8,10,13,15H,4-5H2,1-3H3,(H,16,17). The third-order valence-corrected chi connectivity index (χ3v) is 3.51. The molecule has 1 aromatic carbocycles. The van der Waals surface area contributed by atoms with Crippen LogP contribution in [0.25, 0.3) is 0 Å². The minimum atomic E-state index is -0.185. The third-order valence-electron chi connectivity index (χ3n) is 3.51. The molecule has 0 aliphatic carbocycles. The Kier molecular flexibility index (Phi) is 3.48. The van der Waals surface area contributed by atoms with Crippen LogP contribution in [-0.2, 0) is 4.79 Å². The molecule has 17 heavy (non-hydrogen) atoms.